The summed E-state index contributed by atoms with van der Waals surface area (Å²) in [6, 6.07) is 3.78. The van der Waals surface area contributed by atoms with Crippen LogP contribution in [0.3, 0.4) is 0 Å². The monoisotopic (exact) mass is 270 g/mol. The summed E-state index contributed by atoms with van der Waals surface area (Å²) < 4.78 is 10.6. The van der Waals surface area contributed by atoms with E-state index < -0.39 is 11.9 Å². The molecule has 5 heteroatoms. The van der Waals surface area contributed by atoms with Crippen molar-refractivity contribution in [3.05, 3.63) is 17.7 Å². The van der Waals surface area contributed by atoms with Crippen LogP contribution in [-0.4, -0.2) is 31.6 Å². The average molecular weight is 270 g/mol. The van der Waals surface area contributed by atoms with Gasteiger partial charge in [0.15, 0.2) is 11.5 Å². The van der Waals surface area contributed by atoms with Crippen molar-refractivity contribution in [2.24, 2.45) is 5.92 Å². The van der Waals surface area contributed by atoms with Gasteiger partial charge in [-0.25, -0.2) is 0 Å². The molecule has 18 heavy (non-hydrogen) atoms. The molecule has 1 N–H and O–H groups in total. The molecule has 0 amide bonds. The Balaban J connectivity index is 3.11. The lowest BCUT2D eigenvalue weighted by Crippen LogP contribution is -2.12. The normalized spacial score (nSPS) is 12.0. The molecule has 1 aromatic rings. The van der Waals surface area contributed by atoms with Crippen molar-refractivity contribution in [3.8, 4) is 11.5 Å². The molecule has 100 valence electrons. The number of thioether (sulfide) groups is 1. The zero-order valence-corrected chi connectivity index (χ0v) is 11.8. The van der Waals surface area contributed by atoms with Crippen LogP contribution in [0.2, 0.25) is 0 Å². The maximum Gasteiger partial charge on any atom is 0.306 e. The van der Waals surface area contributed by atoms with E-state index >= 15 is 0 Å². The molecule has 0 radical (unpaired) electrons. The Bertz CT molecular complexity index is 406. The summed E-state index contributed by atoms with van der Waals surface area (Å²) in [5.74, 6) is 0.113. The molecular weight excluding hydrogens is 252 g/mol. The highest BCUT2D eigenvalue weighted by molar-refractivity contribution is 7.98. The van der Waals surface area contributed by atoms with Crippen molar-refractivity contribution >= 4 is 17.7 Å². The summed E-state index contributed by atoms with van der Waals surface area (Å²) in [5, 5.41) is 8.94. The molecule has 0 aliphatic heterocycles. The van der Waals surface area contributed by atoms with Gasteiger partial charge in [0.25, 0.3) is 0 Å². The van der Waals surface area contributed by atoms with Gasteiger partial charge in [0.1, 0.15) is 0 Å². The van der Waals surface area contributed by atoms with E-state index in [-0.39, 0.29) is 0 Å². The van der Waals surface area contributed by atoms with Gasteiger partial charge in [0.05, 0.1) is 25.0 Å². The second-order valence-corrected chi connectivity index (χ2v) is 4.83. The van der Waals surface area contributed by atoms with Crippen LogP contribution in [0.4, 0.5) is 0 Å². The van der Waals surface area contributed by atoms with E-state index in [9.17, 15) is 4.79 Å². The van der Waals surface area contributed by atoms with E-state index in [2.05, 4.69) is 0 Å². The van der Waals surface area contributed by atoms with Crippen molar-refractivity contribution in [2.45, 2.75) is 18.2 Å². The van der Waals surface area contributed by atoms with Gasteiger partial charge in [0.2, 0.25) is 0 Å². The minimum atomic E-state index is -0.796. The Morgan fingerprint density at radius 1 is 1.39 bits per heavy atom. The largest absolute Gasteiger partial charge is 0.493 e. The third-order valence-corrected chi connectivity index (χ3v) is 3.43. The van der Waals surface area contributed by atoms with Gasteiger partial charge in [-0.05, 0) is 30.4 Å². The third-order valence-electron chi connectivity index (χ3n) is 2.69. The van der Waals surface area contributed by atoms with E-state index in [0.29, 0.717) is 17.9 Å². The average Bonchev–Trinajstić information content (AvgIpc) is 2.37. The highest BCUT2D eigenvalue weighted by Crippen LogP contribution is 2.38. The predicted octanol–water partition coefficient (Wildman–Crippen LogP) is 2.69. The summed E-state index contributed by atoms with van der Waals surface area (Å²) in [6.07, 6.45) is 2.42. The Morgan fingerprint density at radius 3 is 2.50 bits per heavy atom. The highest BCUT2D eigenvalue weighted by atomic mass is 32.2. The number of methoxy groups -OCH3 is 2. The number of ether oxygens (including phenoxy) is 2. The van der Waals surface area contributed by atoms with Gasteiger partial charge < -0.3 is 14.6 Å². The highest BCUT2D eigenvalue weighted by Gasteiger charge is 2.16. The maximum atomic E-state index is 10.9. The van der Waals surface area contributed by atoms with E-state index in [1.807, 2.05) is 18.4 Å². The molecule has 1 unspecified atom stereocenters. The van der Waals surface area contributed by atoms with Crippen LogP contribution in [0.25, 0.3) is 0 Å². The predicted molar refractivity (Wildman–Crippen MR) is 71.8 cm³/mol. The quantitative estimate of drug-likeness (QED) is 0.805. The van der Waals surface area contributed by atoms with Crippen LogP contribution in [-0.2, 0) is 11.2 Å². The summed E-state index contributed by atoms with van der Waals surface area (Å²) in [4.78, 5) is 11.8. The molecule has 1 aromatic carbocycles. The number of rotatable bonds is 6. The lowest BCUT2D eigenvalue weighted by atomic mass is 10.0. The third kappa shape index (κ3) is 3.32. The van der Waals surface area contributed by atoms with Crippen molar-refractivity contribution in [1.82, 2.24) is 0 Å². The van der Waals surface area contributed by atoms with Crippen LogP contribution in [0, 0.1) is 5.92 Å². The molecule has 0 heterocycles. The smallest absolute Gasteiger partial charge is 0.306 e. The second kappa shape index (κ2) is 6.54. The van der Waals surface area contributed by atoms with Crippen molar-refractivity contribution in [1.29, 1.82) is 0 Å². The molecule has 0 fully saturated rings. The Hall–Kier alpha value is -1.36. The van der Waals surface area contributed by atoms with Gasteiger partial charge in [0, 0.05) is 0 Å². The molecule has 4 nitrogen and oxygen atoms in total. The maximum absolute atomic E-state index is 10.9. The van der Waals surface area contributed by atoms with Gasteiger partial charge in [-0.2, -0.15) is 0 Å². The lowest BCUT2D eigenvalue weighted by Gasteiger charge is -2.14. The summed E-state index contributed by atoms with van der Waals surface area (Å²) in [6.45, 7) is 1.69. The van der Waals surface area contributed by atoms with Crippen LogP contribution < -0.4 is 9.47 Å². The number of hydrogen-bond acceptors (Lipinski definition) is 4. The number of hydrogen-bond donors (Lipinski definition) is 1. The molecular formula is C13H18O4S. The topological polar surface area (TPSA) is 55.8 Å². The van der Waals surface area contributed by atoms with Crippen LogP contribution >= 0.6 is 11.8 Å². The Labute approximate surface area is 111 Å². The second-order valence-electron chi connectivity index (χ2n) is 3.98. The first-order chi connectivity index (χ1) is 8.53. The fourth-order valence-electron chi connectivity index (χ4n) is 1.69. The van der Waals surface area contributed by atoms with Gasteiger partial charge in [-0.3, -0.25) is 4.79 Å². The fourth-order valence-corrected chi connectivity index (χ4v) is 2.33. The molecule has 0 aliphatic rings. The number of aliphatic carboxylic acids is 1. The van der Waals surface area contributed by atoms with E-state index in [1.54, 1.807) is 32.9 Å². The minimum absolute atomic E-state index is 0.419. The van der Waals surface area contributed by atoms with Crippen LogP contribution in [0.15, 0.2) is 17.0 Å². The van der Waals surface area contributed by atoms with Crippen molar-refractivity contribution < 1.29 is 19.4 Å². The van der Waals surface area contributed by atoms with Gasteiger partial charge in [-0.15, -0.1) is 11.8 Å². The molecule has 0 bridgehead atoms. The molecule has 0 aromatic heterocycles. The number of benzene rings is 1. The van der Waals surface area contributed by atoms with Gasteiger partial charge >= 0.3 is 5.97 Å². The summed E-state index contributed by atoms with van der Waals surface area (Å²) >= 11 is 1.55. The SMILES string of the molecule is COc1cc(CC(C)C(=O)O)cc(SC)c1OC. The first-order valence-corrected chi connectivity index (χ1v) is 6.77. The molecule has 0 spiro atoms. The standard InChI is InChI=1S/C13H18O4S/c1-8(13(14)15)5-9-6-10(16-2)12(17-3)11(7-9)18-4/h6-8H,5H2,1-4H3,(H,14,15). The Morgan fingerprint density at radius 2 is 2.06 bits per heavy atom. The van der Waals surface area contributed by atoms with Crippen LogP contribution in [0.1, 0.15) is 12.5 Å². The van der Waals surface area contributed by atoms with E-state index in [0.717, 1.165) is 10.5 Å². The van der Waals surface area contributed by atoms with E-state index in [4.69, 9.17) is 14.6 Å². The minimum Gasteiger partial charge on any atom is -0.493 e. The molecule has 1 atom stereocenters. The lowest BCUT2D eigenvalue weighted by molar-refractivity contribution is -0.141. The summed E-state index contributed by atoms with van der Waals surface area (Å²) in [5.41, 5.74) is 0.937. The van der Waals surface area contributed by atoms with Gasteiger partial charge in [-0.1, -0.05) is 6.92 Å². The zero-order chi connectivity index (χ0) is 13.7. The molecule has 1 rings (SSSR count). The summed E-state index contributed by atoms with van der Waals surface area (Å²) in [7, 11) is 3.17. The van der Waals surface area contributed by atoms with Crippen LogP contribution in [0.5, 0.6) is 11.5 Å². The number of carbonyl (C=O) groups is 1. The number of carboxylic acid groups (broad SMARTS) is 1. The molecule has 0 saturated heterocycles. The number of carboxylic acids is 1. The molecule has 0 saturated carbocycles. The fraction of sp³-hybridized carbons (Fsp3) is 0.462. The zero-order valence-electron chi connectivity index (χ0n) is 11.0. The Kier molecular flexibility index (Phi) is 5.34. The van der Waals surface area contributed by atoms with Crippen molar-refractivity contribution in [3.63, 3.8) is 0 Å². The van der Waals surface area contributed by atoms with E-state index in [1.165, 1.54) is 0 Å². The first kappa shape index (κ1) is 14.7. The van der Waals surface area contributed by atoms with Crippen molar-refractivity contribution in [2.75, 3.05) is 20.5 Å². The molecule has 0 aliphatic carbocycles. The first-order valence-electron chi connectivity index (χ1n) is 5.55.